The number of hydrogen-bond acceptors (Lipinski definition) is 5. The molecule has 5 nitrogen and oxygen atoms in total. The number of carbonyl (C=O) groups is 1. The Kier molecular flexibility index (Phi) is 5.33. The molecule has 0 bridgehead atoms. The third-order valence-corrected chi connectivity index (χ3v) is 2.47. The lowest BCUT2D eigenvalue weighted by molar-refractivity contribution is -0.134. The van der Waals surface area contributed by atoms with Crippen LogP contribution in [0.3, 0.4) is 0 Å². The minimum Gasteiger partial charge on any atom is -0.466 e. The molecule has 0 aliphatic carbocycles. The summed E-state index contributed by atoms with van der Waals surface area (Å²) in [5.74, 6) is -0.835. The van der Waals surface area contributed by atoms with Gasteiger partial charge < -0.3 is 9.47 Å². The number of esters is 1. The fraction of sp³-hybridized carbons (Fsp3) is 0.571. The molecule has 0 unspecified atom stereocenters. The summed E-state index contributed by atoms with van der Waals surface area (Å²) in [6.45, 7) is 0.105. The van der Waals surface area contributed by atoms with E-state index in [-0.39, 0.29) is 12.4 Å². The van der Waals surface area contributed by atoms with Crippen molar-refractivity contribution >= 4 is 15.8 Å². The zero-order chi connectivity index (χ0) is 10.3. The molecular formula is C7H12O5S. The van der Waals surface area contributed by atoms with Crippen LogP contribution >= 0.6 is 0 Å². The molecule has 0 spiro atoms. The van der Waals surface area contributed by atoms with Crippen LogP contribution in [0, 0.1) is 0 Å². The molecule has 0 aromatic rings. The molecular weight excluding hydrogens is 196 g/mol. The second-order valence-electron chi connectivity index (χ2n) is 2.19. The van der Waals surface area contributed by atoms with Crippen molar-refractivity contribution in [1.82, 2.24) is 0 Å². The zero-order valence-electron chi connectivity index (χ0n) is 7.52. The predicted octanol–water partition coefficient (Wildman–Crippen LogP) is -0.266. The van der Waals surface area contributed by atoms with Gasteiger partial charge in [0.05, 0.1) is 19.5 Å². The van der Waals surface area contributed by atoms with E-state index in [1.165, 1.54) is 14.2 Å². The van der Waals surface area contributed by atoms with E-state index in [4.69, 9.17) is 0 Å². The van der Waals surface area contributed by atoms with Crippen molar-refractivity contribution < 1.29 is 22.7 Å². The number of rotatable bonds is 5. The van der Waals surface area contributed by atoms with Crippen LogP contribution in [0.25, 0.3) is 0 Å². The summed E-state index contributed by atoms with van der Waals surface area (Å²) in [5.41, 5.74) is 0. The molecule has 0 aromatic carbocycles. The van der Waals surface area contributed by atoms with E-state index in [2.05, 4.69) is 9.47 Å². The summed E-state index contributed by atoms with van der Waals surface area (Å²) in [6.07, 6.45) is 0.866. The highest BCUT2D eigenvalue weighted by Crippen LogP contribution is 1.93. The van der Waals surface area contributed by atoms with Crippen molar-refractivity contribution in [3.8, 4) is 0 Å². The van der Waals surface area contributed by atoms with Crippen LogP contribution in [0.15, 0.2) is 11.5 Å². The largest absolute Gasteiger partial charge is 0.466 e. The Morgan fingerprint density at radius 2 is 2.00 bits per heavy atom. The predicted molar refractivity (Wildman–Crippen MR) is 46.8 cm³/mol. The van der Waals surface area contributed by atoms with Gasteiger partial charge in [0, 0.05) is 18.6 Å². The highest BCUT2D eigenvalue weighted by molar-refractivity contribution is 7.94. The summed E-state index contributed by atoms with van der Waals surface area (Å²) >= 11 is 0. The van der Waals surface area contributed by atoms with E-state index in [1.807, 2.05) is 0 Å². The van der Waals surface area contributed by atoms with E-state index in [1.54, 1.807) is 0 Å². The van der Waals surface area contributed by atoms with Gasteiger partial charge in [0.15, 0.2) is 9.84 Å². The van der Waals surface area contributed by atoms with Crippen LogP contribution in [0.4, 0.5) is 0 Å². The van der Waals surface area contributed by atoms with Crippen molar-refractivity contribution in [2.24, 2.45) is 0 Å². The molecule has 0 amide bonds. The van der Waals surface area contributed by atoms with Crippen molar-refractivity contribution in [1.29, 1.82) is 0 Å². The second kappa shape index (κ2) is 5.71. The molecule has 0 aliphatic heterocycles. The highest BCUT2D eigenvalue weighted by Gasteiger charge is 2.05. The van der Waals surface area contributed by atoms with Gasteiger partial charge in [-0.2, -0.15) is 0 Å². The van der Waals surface area contributed by atoms with E-state index < -0.39 is 15.8 Å². The van der Waals surface area contributed by atoms with Gasteiger partial charge in [-0.15, -0.1) is 0 Å². The second-order valence-corrected chi connectivity index (χ2v) is 4.19. The van der Waals surface area contributed by atoms with Gasteiger partial charge in [0.25, 0.3) is 0 Å². The molecule has 0 radical (unpaired) electrons. The minimum atomic E-state index is -3.36. The SMILES string of the molecule is COCCS(=O)(=O)/C=C/C(=O)OC. The van der Waals surface area contributed by atoms with Gasteiger partial charge >= 0.3 is 5.97 Å². The fourth-order valence-corrected chi connectivity index (χ4v) is 1.35. The van der Waals surface area contributed by atoms with Gasteiger partial charge in [0.1, 0.15) is 0 Å². The van der Waals surface area contributed by atoms with E-state index in [0.717, 1.165) is 11.5 Å². The average molecular weight is 208 g/mol. The van der Waals surface area contributed by atoms with Gasteiger partial charge in [-0.25, -0.2) is 13.2 Å². The van der Waals surface area contributed by atoms with Crippen LogP contribution in [0.5, 0.6) is 0 Å². The zero-order valence-corrected chi connectivity index (χ0v) is 8.33. The standard InChI is InChI=1S/C7H12O5S/c1-11-4-6-13(9,10)5-3-7(8)12-2/h3,5H,4,6H2,1-2H3/b5-3+. The molecule has 0 fully saturated rings. The Morgan fingerprint density at radius 1 is 1.38 bits per heavy atom. The first-order chi connectivity index (χ1) is 6.02. The molecule has 0 saturated carbocycles. The summed E-state index contributed by atoms with van der Waals surface area (Å²) in [7, 11) is -0.778. The topological polar surface area (TPSA) is 69.7 Å². The average Bonchev–Trinajstić information content (AvgIpc) is 2.11. The van der Waals surface area contributed by atoms with Crippen LogP contribution in [-0.2, 0) is 24.1 Å². The smallest absolute Gasteiger partial charge is 0.331 e. The maximum Gasteiger partial charge on any atom is 0.331 e. The first-order valence-corrected chi connectivity index (χ1v) is 5.21. The molecule has 0 aromatic heterocycles. The quantitative estimate of drug-likeness (QED) is 0.459. The lowest BCUT2D eigenvalue weighted by Crippen LogP contribution is -2.08. The Bertz CT molecular complexity index is 277. The highest BCUT2D eigenvalue weighted by atomic mass is 32.2. The number of hydrogen-bond donors (Lipinski definition) is 0. The number of carbonyl (C=O) groups excluding carboxylic acids is 1. The maximum absolute atomic E-state index is 11.0. The van der Waals surface area contributed by atoms with Crippen molar-refractivity contribution in [2.75, 3.05) is 26.6 Å². The van der Waals surface area contributed by atoms with Crippen LogP contribution < -0.4 is 0 Å². The number of ether oxygens (including phenoxy) is 2. The van der Waals surface area contributed by atoms with E-state index in [0.29, 0.717) is 0 Å². The lowest BCUT2D eigenvalue weighted by atomic mass is 10.7. The fourth-order valence-electron chi connectivity index (χ4n) is 0.495. The molecule has 0 N–H and O–H groups in total. The molecule has 0 rings (SSSR count). The Balaban J connectivity index is 4.17. The molecule has 0 saturated heterocycles. The van der Waals surface area contributed by atoms with Gasteiger partial charge in [-0.1, -0.05) is 0 Å². The summed E-state index contributed by atoms with van der Waals surface area (Å²) in [6, 6.07) is 0. The van der Waals surface area contributed by atoms with Gasteiger partial charge in [0.2, 0.25) is 0 Å². The lowest BCUT2D eigenvalue weighted by Gasteiger charge is -1.96. The van der Waals surface area contributed by atoms with Crippen LogP contribution in [-0.4, -0.2) is 41.0 Å². The van der Waals surface area contributed by atoms with Crippen molar-refractivity contribution in [2.45, 2.75) is 0 Å². The summed E-state index contributed by atoms with van der Waals surface area (Å²) < 4.78 is 30.9. The molecule has 0 aliphatic rings. The first kappa shape index (κ1) is 12.1. The van der Waals surface area contributed by atoms with Crippen molar-refractivity contribution in [3.63, 3.8) is 0 Å². The third-order valence-electron chi connectivity index (χ3n) is 1.18. The summed E-state index contributed by atoms with van der Waals surface area (Å²) in [5, 5.41) is 0.817. The van der Waals surface area contributed by atoms with E-state index in [9.17, 15) is 13.2 Å². The molecule has 6 heteroatoms. The normalized spacial score (nSPS) is 11.8. The van der Waals surface area contributed by atoms with Crippen molar-refractivity contribution in [3.05, 3.63) is 11.5 Å². The monoisotopic (exact) mass is 208 g/mol. The third kappa shape index (κ3) is 6.30. The molecule has 0 heterocycles. The van der Waals surface area contributed by atoms with Crippen LogP contribution in [0.1, 0.15) is 0 Å². The number of methoxy groups -OCH3 is 2. The van der Waals surface area contributed by atoms with Gasteiger partial charge in [-0.3, -0.25) is 0 Å². The number of sulfone groups is 1. The minimum absolute atomic E-state index is 0.105. The molecule has 0 atom stereocenters. The summed E-state index contributed by atoms with van der Waals surface area (Å²) in [4.78, 5) is 10.5. The Hall–Kier alpha value is -0.880. The maximum atomic E-state index is 11.0. The van der Waals surface area contributed by atoms with Crippen LogP contribution in [0.2, 0.25) is 0 Å². The van der Waals surface area contributed by atoms with E-state index >= 15 is 0 Å². The first-order valence-electron chi connectivity index (χ1n) is 3.49. The molecule has 76 valence electrons. The Morgan fingerprint density at radius 3 is 2.46 bits per heavy atom. The van der Waals surface area contributed by atoms with Gasteiger partial charge in [-0.05, 0) is 0 Å². The Labute approximate surface area is 77.3 Å². The molecule has 13 heavy (non-hydrogen) atoms.